The first-order valence-electron chi connectivity index (χ1n) is 10.1. The topological polar surface area (TPSA) is 107 Å². The van der Waals surface area contributed by atoms with Gasteiger partial charge in [0.25, 0.3) is 0 Å². The van der Waals surface area contributed by atoms with E-state index in [0.29, 0.717) is 48.5 Å². The molecule has 2 N–H and O–H groups in total. The van der Waals surface area contributed by atoms with Crippen molar-refractivity contribution < 1.29 is 13.5 Å². The Hall–Kier alpha value is -3.73. The number of aromatic nitrogens is 4. The maximum Gasteiger partial charge on any atom is 0.237 e. The van der Waals surface area contributed by atoms with Crippen LogP contribution in [0.15, 0.2) is 36.8 Å². The van der Waals surface area contributed by atoms with Crippen molar-refractivity contribution in [3.8, 4) is 17.3 Å². The number of amidine groups is 1. The van der Waals surface area contributed by atoms with E-state index < -0.39 is 11.6 Å². The number of hydrogen-bond donors (Lipinski definition) is 2. The molecule has 0 amide bonds. The number of fused-ring (bicyclic) bond motifs is 1. The molecule has 32 heavy (non-hydrogen) atoms. The Morgan fingerprint density at radius 1 is 1.22 bits per heavy atom. The van der Waals surface area contributed by atoms with E-state index in [0.717, 1.165) is 18.5 Å². The van der Waals surface area contributed by atoms with Gasteiger partial charge in [-0.05, 0) is 24.6 Å². The number of nitrogens with zero attached hydrogens (tertiary/aromatic N) is 6. The highest BCUT2D eigenvalue weighted by molar-refractivity contribution is 6.16. The molecule has 1 atom stereocenters. The second kappa shape index (κ2) is 7.75. The smallest absolute Gasteiger partial charge is 0.237 e. The maximum absolute atomic E-state index is 13.8. The van der Waals surface area contributed by atoms with Crippen molar-refractivity contribution in [3.05, 3.63) is 48.4 Å². The molecule has 11 heteroatoms. The van der Waals surface area contributed by atoms with E-state index >= 15 is 0 Å². The lowest BCUT2D eigenvalue weighted by Crippen LogP contribution is -2.61. The van der Waals surface area contributed by atoms with Gasteiger partial charge in [-0.15, -0.1) is 0 Å². The maximum atomic E-state index is 13.8. The van der Waals surface area contributed by atoms with Crippen LogP contribution in [0, 0.1) is 22.5 Å². The fraction of sp³-hybridized carbons (Fsp3) is 0.286. The van der Waals surface area contributed by atoms with E-state index in [-0.39, 0.29) is 17.9 Å². The zero-order chi connectivity index (χ0) is 22.4. The Labute approximate surface area is 182 Å². The average molecular weight is 438 g/mol. The summed E-state index contributed by atoms with van der Waals surface area (Å²) in [6.07, 6.45) is 6.48. The number of halogens is 2. The molecule has 1 saturated heterocycles. The third-order valence-corrected chi connectivity index (χ3v) is 5.72. The molecule has 2 aromatic heterocycles. The molecule has 9 nitrogen and oxygen atoms in total. The van der Waals surface area contributed by atoms with Gasteiger partial charge in [0.15, 0.2) is 17.5 Å². The first kappa shape index (κ1) is 20.2. The summed E-state index contributed by atoms with van der Waals surface area (Å²) in [6, 6.07) is 3.36. The molecule has 0 saturated carbocycles. The largest absolute Gasteiger partial charge is 0.377 e. The predicted octanol–water partition coefficient (Wildman–Crippen LogP) is 3.00. The Kier molecular flexibility index (Phi) is 4.89. The highest BCUT2D eigenvalue weighted by Crippen LogP contribution is 2.38. The molecule has 0 radical (unpaired) electrons. The Morgan fingerprint density at radius 3 is 2.69 bits per heavy atom. The van der Waals surface area contributed by atoms with Crippen LogP contribution in [0.25, 0.3) is 17.3 Å². The number of hydrogen-bond acceptors (Lipinski definition) is 7. The molecular formula is C21H20F2N8O. The molecule has 0 spiro atoms. The van der Waals surface area contributed by atoms with Crippen LogP contribution in [-0.4, -0.2) is 57.0 Å². The van der Waals surface area contributed by atoms with Gasteiger partial charge in [-0.1, -0.05) is 6.92 Å². The summed E-state index contributed by atoms with van der Waals surface area (Å²) in [4.78, 5) is 17.0. The van der Waals surface area contributed by atoms with Crippen LogP contribution in [0.5, 0.6) is 0 Å². The predicted molar refractivity (Wildman–Crippen MR) is 115 cm³/mol. The number of ether oxygens (including phenoxy) is 1. The number of imidazole rings is 1. The van der Waals surface area contributed by atoms with Crippen molar-refractivity contribution in [1.29, 1.82) is 10.8 Å². The molecule has 0 aliphatic carbocycles. The lowest BCUT2D eigenvalue weighted by Gasteiger charge is -2.48. The normalized spacial score (nSPS) is 18.5. The minimum Gasteiger partial charge on any atom is -0.377 e. The van der Waals surface area contributed by atoms with Crippen LogP contribution in [0.4, 0.5) is 20.3 Å². The van der Waals surface area contributed by atoms with Crippen LogP contribution in [0.3, 0.4) is 0 Å². The standard InChI is InChI=1S/C21H20F2N8O/c1-2-16-18(25)30(11-24)17-8-27-21(28-20(17)31(16)13-9-32-10-13)29-6-5-26-19(29)12-3-4-14(22)15(23)7-12/h3-8,11,13,16,24-25H,2,9-10H2,1H3. The summed E-state index contributed by atoms with van der Waals surface area (Å²) in [5.74, 6) is -0.384. The van der Waals surface area contributed by atoms with Crippen molar-refractivity contribution in [2.45, 2.75) is 25.4 Å². The zero-order valence-electron chi connectivity index (χ0n) is 17.2. The van der Waals surface area contributed by atoms with E-state index in [9.17, 15) is 8.78 Å². The summed E-state index contributed by atoms with van der Waals surface area (Å²) in [5.41, 5.74) is 0.911. The fourth-order valence-electron chi connectivity index (χ4n) is 4.06. The Morgan fingerprint density at radius 2 is 2.03 bits per heavy atom. The monoisotopic (exact) mass is 438 g/mol. The molecule has 3 aromatic rings. The highest BCUT2D eigenvalue weighted by Gasteiger charge is 2.41. The lowest BCUT2D eigenvalue weighted by atomic mass is 10.0. The molecule has 0 bridgehead atoms. The summed E-state index contributed by atoms with van der Waals surface area (Å²) in [7, 11) is 0. The van der Waals surface area contributed by atoms with Crippen molar-refractivity contribution in [2.75, 3.05) is 23.0 Å². The van der Waals surface area contributed by atoms with Crippen molar-refractivity contribution in [3.63, 3.8) is 0 Å². The van der Waals surface area contributed by atoms with Crippen molar-refractivity contribution in [2.24, 2.45) is 0 Å². The second-order valence-electron chi connectivity index (χ2n) is 7.54. The third-order valence-electron chi connectivity index (χ3n) is 5.72. The summed E-state index contributed by atoms with van der Waals surface area (Å²) in [6.45, 7) is 3.04. The second-order valence-corrected chi connectivity index (χ2v) is 7.54. The minimum absolute atomic E-state index is 0.0585. The molecule has 4 heterocycles. The minimum atomic E-state index is -0.967. The van der Waals surface area contributed by atoms with E-state index in [4.69, 9.17) is 20.5 Å². The van der Waals surface area contributed by atoms with Gasteiger partial charge in [-0.25, -0.2) is 18.7 Å². The van der Waals surface area contributed by atoms with Crippen LogP contribution >= 0.6 is 0 Å². The van der Waals surface area contributed by atoms with Crippen LogP contribution in [-0.2, 0) is 4.74 Å². The molecule has 1 fully saturated rings. The first-order chi connectivity index (χ1) is 15.5. The van der Waals surface area contributed by atoms with E-state index in [1.54, 1.807) is 17.0 Å². The van der Waals surface area contributed by atoms with Crippen molar-refractivity contribution >= 4 is 23.7 Å². The van der Waals surface area contributed by atoms with Crippen LogP contribution in [0.1, 0.15) is 13.3 Å². The molecule has 2 aliphatic heterocycles. The summed E-state index contributed by atoms with van der Waals surface area (Å²) >= 11 is 0. The van der Waals surface area contributed by atoms with Crippen LogP contribution in [0.2, 0.25) is 0 Å². The van der Waals surface area contributed by atoms with Gasteiger partial charge in [0, 0.05) is 18.0 Å². The van der Waals surface area contributed by atoms with Gasteiger partial charge in [0.05, 0.1) is 37.8 Å². The fourth-order valence-corrected chi connectivity index (χ4v) is 4.06. The Balaban J connectivity index is 1.64. The van der Waals surface area contributed by atoms with E-state index in [1.165, 1.54) is 17.2 Å². The highest BCUT2D eigenvalue weighted by atomic mass is 19.2. The van der Waals surface area contributed by atoms with Gasteiger partial charge in [-0.2, -0.15) is 4.98 Å². The SMILES string of the molecule is CCC1C(=N)N(C=N)c2cnc(-n3ccnc3-c3ccc(F)c(F)c3)nc2N1C1COC1. The molecular weight excluding hydrogens is 418 g/mol. The number of rotatable bonds is 5. The molecule has 5 rings (SSSR count). The summed E-state index contributed by atoms with van der Waals surface area (Å²) in [5, 5.41) is 16.4. The third kappa shape index (κ3) is 3.04. The average Bonchev–Trinajstić information content (AvgIpc) is 3.24. The molecule has 164 valence electrons. The zero-order valence-corrected chi connectivity index (χ0v) is 17.2. The molecule has 1 unspecified atom stereocenters. The van der Waals surface area contributed by atoms with Gasteiger partial charge in [0.2, 0.25) is 5.95 Å². The number of nitrogens with one attached hydrogen (secondary N) is 2. The first-order valence-corrected chi connectivity index (χ1v) is 10.1. The Bertz CT molecular complexity index is 1210. The molecule has 1 aromatic carbocycles. The van der Waals surface area contributed by atoms with Gasteiger partial charge < -0.3 is 9.64 Å². The molecule has 2 aliphatic rings. The number of anilines is 2. The number of benzene rings is 1. The summed E-state index contributed by atoms with van der Waals surface area (Å²) < 4.78 is 34.2. The van der Waals surface area contributed by atoms with E-state index in [2.05, 4.69) is 14.9 Å². The van der Waals surface area contributed by atoms with Gasteiger partial charge >= 0.3 is 0 Å². The quantitative estimate of drug-likeness (QED) is 0.469. The van der Waals surface area contributed by atoms with Gasteiger partial charge in [-0.3, -0.25) is 20.3 Å². The van der Waals surface area contributed by atoms with E-state index in [1.807, 2.05) is 6.92 Å². The van der Waals surface area contributed by atoms with Crippen molar-refractivity contribution in [1.82, 2.24) is 19.5 Å². The van der Waals surface area contributed by atoms with Crippen LogP contribution < -0.4 is 9.80 Å². The lowest BCUT2D eigenvalue weighted by molar-refractivity contribution is 0.00606. The van der Waals surface area contributed by atoms with Gasteiger partial charge in [0.1, 0.15) is 17.3 Å².